The Labute approximate surface area is 171 Å². The molecule has 2 aromatic rings. The van der Waals surface area contributed by atoms with Gasteiger partial charge in [-0.15, -0.1) is 0 Å². The van der Waals surface area contributed by atoms with Crippen LogP contribution in [0.4, 0.5) is 5.95 Å². The highest BCUT2D eigenvalue weighted by atomic mass is 16.5. The third-order valence-electron chi connectivity index (χ3n) is 6.88. The van der Waals surface area contributed by atoms with Crippen LogP contribution in [0.1, 0.15) is 37.1 Å². The minimum absolute atomic E-state index is 0.201. The predicted molar refractivity (Wildman–Crippen MR) is 108 cm³/mol. The number of piperidine rings is 3. The number of amides is 1. The molecular formula is C22H28N4O3. The van der Waals surface area contributed by atoms with Crippen LogP contribution in [0.25, 0.3) is 0 Å². The van der Waals surface area contributed by atoms with Crippen molar-refractivity contribution < 1.29 is 14.1 Å². The zero-order valence-electron chi connectivity index (χ0n) is 17.1. The van der Waals surface area contributed by atoms with Crippen LogP contribution in [-0.4, -0.2) is 53.2 Å². The zero-order chi connectivity index (χ0) is 20.0. The number of aromatic nitrogens is 2. The van der Waals surface area contributed by atoms with Crippen molar-refractivity contribution in [1.82, 2.24) is 15.0 Å². The summed E-state index contributed by atoms with van der Waals surface area (Å²) >= 11 is 0. The molecule has 0 saturated carbocycles. The van der Waals surface area contributed by atoms with Crippen LogP contribution in [0.15, 0.2) is 28.8 Å². The third kappa shape index (κ3) is 3.36. The maximum Gasteiger partial charge on any atom is 0.266 e. The second kappa shape index (κ2) is 7.35. The molecule has 1 amide bonds. The van der Waals surface area contributed by atoms with Crippen molar-refractivity contribution in [3.63, 3.8) is 0 Å². The molecule has 4 atom stereocenters. The summed E-state index contributed by atoms with van der Waals surface area (Å²) in [5.41, 5.74) is 1.22. The van der Waals surface area contributed by atoms with Crippen molar-refractivity contribution in [2.75, 3.05) is 25.1 Å². The van der Waals surface area contributed by atoms with Gasteiger partial charge in [0.05, 0.1) is 7.11 Å². The fourth-order valence-corrected chi connectivity index (χ4v) is 5.66. The lowest BCUT2D eigenvalue weighted by molar-refractivity contribution is -0.148. The van der Waals surface area contributed by atoms with E-state index in [0.29, 0.717) is 42.0 Å². The van der Waals surface area contributed by atoms with Crippen molar-refractivity contribution in [3.8, 4) is 5.75 Å². The quantitative estimate of drug-likeness (QED) is 0.791. The van der Waals surface area contributed by atoms with Crippen LogP contribution in [0.3, 0.4) is 0 Å². The van der Waals surface area contributed by atoms with Crippen LogP contribution in [-0.2, 0) is 11.2 Å². The van der Waals surface area contributed by atoms with E-state index in [4.69, 9.17) is 9.26 Å². The molecule has 1 aromatic heterocycles. The number of hydrogen-bond acceptors (Lipinski definition) is 6. The molecule has 7 heteroatoms. The predicted octanol–water partition coefficient (Wildman–Crippen LogP) is 2.84. The summed E-state index contributed by atoms with van der Waals surface area (Å²) in [7, 11) is 1.69. The number of fused-ring (bicyclic) bond motifs is 4. The molecule has 3 saturated heterocycles. The Balaban J connectivity index is 1.46. The summed E-state index contributed by atoms with van der Waals surface area (Å²) in [5, 5.41) is 4.16. The molecule has 4 heterocycles. The van der Waals surface area contributed by atoms with E-state index in [1.807, 2.05) is 19.1 Å². The number of hydrogen-bond donors (Lipinski definition) is 0. The Morgan fingerprint density at radius 2 is 2.14 bits per heavy atom. The third-order valence-corrected chi connectivity index (χ3v) is 6.88. The molecule has 1 aromatic carbocycles. The van der Waals surface area contributed by atoms with Crippen molar-refractivity contribution in [3.05, 3.63) is 35.7 Å². The van der Waals surface area contributed by atoms with E-state index >= 15 is 0 Å². The number of rotatable bonds is 4. The van der Waals surface area contributed by atoms with E-state index in [1.165, 1.54) is 5.56 Å². The number of anilines is 1. The van der Waals surface area contributed by atoms with E-state index < -0.39 is 0 Å². The average Bonchev–Trinajstić information content (AvgIpc) is 3.18. The van der Waals surface area contributed by atoms with Gasteiger partial charge in [0.2, 0.25) is 11.8 Å². The average molecular weight is 396 g/mol. The molecule has 3 aliphatic rings. The molecule has 0 unspecified atom stereocenters. The first-order chi connectivity index (χ1) is 14.1. The van der Waals surface area contributed by atoms with Crippen LogP contribution < -0.4 is 9.64 Å². The van der Waals surface area contributed by atoms with Crippen LogP contribution in [0.2, 0.25) is 0 Å². The monoisotopic (exact) mass is 396 g/mol. The number of ether oxygens (including phenoxy) is 1. The van der Waals surface area contributed by atoms with Gasteiger partial charge in [-0.3, -0.25) is 4.79 Å². The van der Waals surface area contributed by atoms with Crippen LogP contribution in [0.5, 0.6) is 5.75 Å². The van der Waals surface area contributed by atoms with Crippen molar-refractivity contribution >= 4 is 11.9 Å². The Bertz CT molecular complexity index is 898. The molecule has 3 fully saturated rings. The summed E-state index contributed by atoms with van der Waals surface area (Å²) in [5.74, 6) is 3.35. The molecule has 29 heavy (non-hydrogen) atoms. The van der Waals surface area contributed by atoms with Crippen LogP contribution in [0, 0.1) is 18.8 Å². The Morgan fingerprint density at radius 1 is 1.28 bits per heavy atom. The number of carbonyl (C=O) groups excluding carboxylic acids is 1. The molecule has 154 valence electrons. The lowest BCUT2D eigenvalue weighted by Crippen LogP contribution is -2.65. The molecule has 0 aliphatic carbocycles. The molecule has 0 N–H and O–H groups in total. The fourth-order valence-electron chi connectivity index (χ4n) is 5.66. The van der Waals surface area contributed by atoms with E-state index in [-0.39, 0.29) is 6.04 Å². The minimum Gasteiger partial charge on any atom is -0.497 e. The second-order valence-corrected chi connectivity index (χ2v) is 8.66. The number of benzene rings is 1. The zero-order valence-corrected chi connectivity index (χ0v) is 17.1. The SMILES string of the molecule is COc1cccc(C[C@H]2[C@H]3C[C@H](CN(c4noc(C)n4)C3)[C@@H]3CCCC(=O)N32)c1. The normalized spacial score (nSPS) is 29.0. The largest absolute Gasteiger partial charge is 0.497 e. The first-order valence-electron chi connectivity index (χ1n) is 10.6. The molecule has 0 radical (unpaired) electrons. The van der Waals surface area contributed by atoms with Crippen molar-refractivity contribution in [2.24, 2.45) is 11.8 Å². The van der Waals surface area contributed by atoms with E-state index in [1.54, 1.807) is 7.11 Å². The smallest absolute Gasteiger partial charge is 0.266 e. The first-order valence-corrected chi connectivity index (χ1v) is 10.6. The summed E-state index contributed by atoms with van der Waals surface area (Å²) in [6.07, 6.45) is 4.79. The maximum atomic E-state index is 13.0. The Hall–Kier alpha value is -2.57. The molecular weight excluding hydrogens is 368 g/mol. The maximum absolute atomic E-state index is 13.0. The van der Waals surface area contributed by atoms with Crippen molar-refractivity contribution in [1.29, 1.82) is 0 Å². The van der Waals surface area contributed by atoms with Gasteiger partial charge in [0, 0.05) is 38.5 Å². The number of methoxy groups -OCH3 is 1. The summed E-state index contributed by atoms with van der Waals surface area (Å²) in [6, 6.07) is 8.76. The van der Waals surface area contributed by atoms with Gasteiger partial charge >= 0.3 is 0 Å². The van der Waals surface area contributed by atoms with Gasteiger partial charge in [-0.1, -0.05) is 12.1 Å². The highest BCUT2D eigenvalue weighted by molar-refractivity contribution is 5.78. The molecule has 2 bridgehead atoms. The van der Waals surface area contributed by atoms with Crippen molar-refractivity contribution in [2.45, 2.75) is 51.1 Å². The molecule has 3 aliphatic heterocycles. The van der Waals surface area contributed by atoms with Gasteiger partial charge in [0.1, 0.15) is 5.75 Å². The number of nitrogens with zero attached hydrogens (tertiary/aromatic N) is 4. The van der Waals surface area contributed by atoms with Gasteiger partial charge in [-0.2, -0.15) is 4.98 Å². The first kappa shape index (κ1) is 18.5. The topological polar surface area (TPSA) is 71.7 Å². The van der Waals surface area contributed by atoms with Gasteiger partial charge < -0.3 is 19.1 Å². The molecule has 0 spiro atoms. The second-order valence-electron chi connectivity index (χ2n) is 8.66. The van der Waals surface area contributed by atoms with Gasteiger partial charge in [-0.05, 0) is 60.4 Å². The Morgan fingerprint density at radius 3 is 2.93 bits per heavy atom. The number of aryl methyl sites for hydroxylation is 1. The minimum atomic E-state index is 0.201. The summed E-state index contributed by atoms with van der Waals surface area (Å²) in [6.45, 7) is 3.59. The summed E-state index contributed by atoms with van der Waals surface area (Å²) in [4.78, 5) is 22.0. The molecule has 7 nitrogen and oxygen atoms in total. The van der Waals surface area contributed by atoms with Gasteiger partial charge in [0.25, 0.3) is 5.95 Å². The van der Waals surface area contributed by atoms with E-state index in [0.717, 1.165) is 44.5 Å². The summed E-state index contributed by atoms with van der Waals surface area (Å²) < 4.78 is 10.6. The Kier molecular flexibility index (Phi) is 4.68. The lowest BCUT2D eigenvalue weighted by Gasteiger charge is -2.56. The van der Waals surface area contributed by atoms with Gasteiger partial charge in [0.15, 0.2) is 0 Å². The molecule has 5 rings (SSSR count). The van der Waals surface area contributed by atoms with E-state index in [2.05, 4.69) is 32.1 Å². The highest BCUT2D eigenvalue weighted by Gasteiger charge is 2.49. The number of carbonyl (C=O) groups is 1. The lowest BCUT2D eigenvalue weighted by atomic mass is 9.71. The standard InChI is InChI=1S/C22H28N4O3/c1-14-23-22(24-29-14)25-12-16-11-17(13-25)20(26-19(16)7-4-8-21(26)27)10-15-5-3-6-18(9-15)28-2/h3,5-6,9,16-17,19-20H,4,7-8,10-13H2,1-2H3/t16-,17+,19+,20+/m1/s1. The van der Waals surface area contributed by atoms with Gasteiger partial charge in [-0.25, -0.2) is 0 Å². The fraction of sp³-hybridized carbons (Fsp3) is 0.591. The highest BCUT2D eigenvalue weighted by Crippen LogP contribution is 2.43. The van der Waals surface area contributed by atoms with Crippen LogP contribution >= 0.6 is 0 Å². The van der Waals surface area contributed by atoms with E-state index in [9.17, 15) is 4.79 Å².